The van der Waals surface area contributed by atoms with E-state index < -0.39 is 0 Å². The summed E-state index contributed by atoms with van der Waals surface area (Å²) in [6.07, 6.45) is 12.4. The van der Waals surface area contributed by atoms with E-state index in [0.717, 1.165) is 37.2 Å². The van der Waals surface area contributed by atoms with Crippen molar-refractivity contribution in [1.29, 1.82) is 0 Å². The van der Waals surface area contributed by atoms with Crippen molar-refractivity contribution in [3.05, 3.63) is 23.4 Å². The highest BCUT2D eigenvalue weighted by atomic mass is 16.5. The lowest BCUT2D eigenvalue weighted by atomic mass is 10.1. The summed E-state index contributed by atoms with van der Waals surface area (Å²) in [7, 11) is 1.47. The zero-order chi connectivity index (χ0) is 12.8. The van der Waals surface area contributed by atoms with Crippen molar-refractivity contribution in [3.63, 3.8) is 0 Å². The molecule has 0 aromatic carbocycles. The van der Waals surface area contributed by atoms with Crippen molar-refractivity contribution >= 4 is 5.97 Å². The third-order valence-corrected chi connectivity index (χ3v) is 3.72. The lowest BCUT2D eigenvalue weighted by Gasteiger charge is -2.23. The molecule has 0 amide bonds. The van der Waals surface area contributed by atoms with Crippen LogP contribution in [0, 0.1) is 0 Å². The van der Waals surface area contributed by atoms with Crippen LogP contribution in [0.4, 0.5) is 0 Å². The van der Waals surface area contributed by atoms with Crippen LogP contribution in [-0.2, 0) is 9.53 Å². The molecule has 2 rings (SSSR count). The molecule has 0 aromatic heterocycles. The third kappa shape index (κ3) is 3.15. The smallest absolute Gasteiger partial charge is 0.339 e. The Bertz CT molecular complexity index is 352. The van der Waals surface area contributed by atoms with Crippen LogP contribution < -0.4 is 0 Å². The molecule has 3 nitrogen and oxygen atoms in total. The Morgan fingerprint density at radius 1 is 1.06 bits per heavy atom. The molecule has 3 heteroatoms. The number of hydrogen-bond acceptors (Lipinski definition) is 3. The summed E-state index contributed by atoms with van der Waals surface area (Å²) in [5.41, 5.74) is 1.89. The Morgan fingerprint density at radius 3 is 2.39 bits per heavy atom. The Hall–Kier alpha value is -1.25. The molecule has 0 atom stereocenters. The van der Waals surface area contributed by atoms with E-state index in [-0.39, 0.29) is 5.97 Å². The highest BCUT2D eigenvalue weighted by molar-refractivity contribution is 5.93. The molecule has 1 saturated heterocycles. The molecule has 18 heavy (non-hydrogen) atoms. The molecule has 0 radical (unpaired) electrons. The quantitative estimate of drug-likeness (QED) is 0.704. The van der Waals surface area contributed by atoms with Crippen molar-refractivity contribution in [3.8, 4) is 0 Å². The molecule has 1 fully saturated rings. The fourth-order valence-electron chi connectivity index (χ4n) is 2.72. The van der Waals surface area contributed by atoms with Crippen LogP contribution in [0.1, 0.15) is 44.9 Å². The molecule has 2 aliphatic rings. The number of likely N-dealkylation sites (tertiary alicyclic amines) is 1. The second kappa shape index (κ2) is 6.62. The van der Waals surface area contributed by atoms with Gasteiger partial charge in [-0.2, -0.15) is 0 Å². The average molecular weight is 249 g/mol. The Balaban J connectivity index is 2.25. The van der Waals surface area contributed by atoms with Crippen molar-refractivity contribution in [2.45, 2.75) is 44.9 Å². The maximum absolute atomic E-state index is 12.0. The number of nitrogens with zero attached hydrogens (tertiary/aromatic N) is 1. The van der Waals surface area contributed by atoms with Gasteiger partial charge in [0.15, 0.2) is 0 Å². The minimum atomic E-state index is -0.185. The summed E-state index contributed by atoms with van der Waals surface area (Å²) < 4.78 is 4.94. The standard InChI is InChI=1S/C15H23NO2/c1-18-15(17)13-9-5-3-2-4-6-10-14(13)16-11-7-8-12-16/h9-10H,2-8,11-12H2,1H3/b13-9+,14-10+. The number of carbonyl (C=O) groups excluding carboxylic acids is 1. The zero-order valence-electron chi connectivity index (χ0n) is 11.3. The summed E-state index contributed by atoms with van der Waals surface area (Å²) >= 11 is 0. The third-order valence-electron chi connectivity index (χ3n) is 3.72. The Labute approximate surface area is 109 Å². The number of hydrogen-bond donors (Lipinski definition) is 0. The number of esters is 1. The van der Waals surface area contributed by atoms with Gasteiger partial charge in [-0.15, -0.1) is 0 Å². The van der Waals surface area contributed by atoms with Gasteiger partial charge >= 0.3 is 5.97 Å². The van der Waals surface area contributed by atoms with E-state index in [1.165, 1.54) is 39.2 Å². The first-order valence-corrected chi connectivity index (χ1v) is 7.07. The first kappa shape index (κ1) is 13.2. The summed E-state index contributed by atoms with van der Waals surface area (Å²) in [6, 6.07) is 0. The average Bonchev–Trinajstić information content (AvgIpc) is 2.93. The molecule has 0 spiro atoms. The first-order valence-electron chi connectivity index (χ1n) is 7.07. The van der Waals surface area contributed by atoms with Crippen LogP contribution in [0.25, 0.3) is 0 Å². The van der Waals surface area contributed by atoms with Gasteiger partial charge in [-0.1, -0.05) is 18.6 Å². The van der Waals surface area contributed by atoms with Gasteiger partial charge < -0.3 is 9.64 Å². The van der Waals surface area contributed by atoms with Crippen LogP contribution >= 0.6 is 0 Å². The van der Waals surface area contributed by atoms with Gasteiger partial charge in [0.25, 0.3) is 0 Å². The van der Waals surface area contributed by atoms with Crippen LogP contribution in [0.15, 0.2) is 23.4 Å². The van der Waals surface area contributed by atoms with Gasteiger partial charge in [0, 0.05) is 18.8 Å². The van der Waals surface area contributed by atoms with E-state index in [2.05, 4.69) is 17.1 Å². The minimum Gasteiger partial charge on any atom is -0.465 e. The maximum Gasteiger partial charge on any atom is 0.339 e. The minimum absolute atomic E-state index is 0.185. The topological polar surface area (TPSA) is 29.5 Å². The fraction of sp³-hybridized carbons (Fsp3) is 0.667. The van der Waals surface area contributed by atoms with Crippen LogP contribution in [0.5, 0.6) is 0 Å². The lowest BCUT2D eigenvalue weighted by molar-refractivity contribution is -0.136. The molecule has 0 aromatic rings. The van der Waals surface area contributed by atoms with E-state index in [0.29, 0.717) is 0 Å². The van der Waals surface area contributed by atoms with Gasteiger partial charge in [0.1, 0.15) is 0 Å². The van der Waals surface area contributed by atoms with Gasteiger partial charge in [0.05, 0.1) is 12.7 Å². The van der Waals surface area contributed by atoms with Crippen molar-refractivity contribution < 1.29 is 9.53 Å². The Morgan fingerprint density at radius 2 is 1.72 bits per heavy atom. The maximum atomic E-state index is 12.0. The van der Waals surface area contributed by atoms with E-state index >= 15 is 0 Å². The normalized spacial score (nSPS) is 27.3. The largest absolute Gasteiger partial charge is 0.465 e. The van der Waals surface area contributed by atoms with Crippen molar-refractivity contribution in [2.75, 3.05) is 20.2 Å². The molecular formula is C15H23NO2. The SMILES string of the molecule is COC(=O)C1=C/CCCCC/C=C\1N1CCCC1. The van der Waals surface area contributed by atoms with E-state index in [1.54, 1.807) is 0 Å². The molecular weight excluding hydrogens is 226 g/mol. The van der Waals surface area contributed by atoms with Gasteiger partial charge in [-0.3, -0.25) is 0 Å². The van der Waals surface area contributed by atoms with E-state index in [9.17, 15) is 4.79 Å². The fourth-order valence-corrected chi connectivity index (χ4v) is 2.72. The second-order valence-electron chi connectivity index (χ2n) is 5.03. The lowest BCUT2D eigenvalue weighted by Crippen LogP contribution is -2.23. The summed E-state index contributed by atoms with van der Waals surface area (Å²) in [6.45, 7) is 2.14. The molecule has 0 unspecified atom stereocenters. The summed E-state index contributed by atoms with van der Waals surface area (Å²) in [4.78, 5) is 14.3. The predicted octanol–water partition coefficient (Wildman–Crippen LogP) is 3.03. The predicted molar refractivity (Wildman–Crippen MR) is 72.1 cm³/mol. The first-order chi connectivity index (χ1) is 8.83. The Kier molecular flexibility index (Phi) is 4.85. The van der Waals surface area contributed by atoms with Crippen LogP contribution in [-0.4, -0.2) is 31.1 Å². The number of methoxy groups -OCH3 is 1. The van der Waals surface area contributed by atoms with E-state index in [1.807, 2.05) is 0 Å². The van der Waals surface area contributed by atoms with Crippen LogP contribution in [0.2, 0.25) is 0 Å². The molecule has 1 aliphatic carbocycles. The molecule has 0 N–H and O–H groups in total. The van der Waals surface area contributed by atoms with E-state index in [4.69, 9.17) is 4.74 Å². The molecule has 1 heterocycles. The number of carbonyl (C=O) groups is 1. The van der Waals surface area contributed by atoms with Crippen molar-refractivity contribution in [2.24, 2.45) is 0 Å². The highest BCUT2D eigenvalue weighted by Crippen LogP contribution is 2.25. The van der Waals surface area contributed by atoms with Crippen molar-refractivity contribution in [1.82, 2.24) is 4.90 Å². The van der Waals surface area contributed by atoms with Gasteiger partial charge in [-0.25, -0.2) is 4.79 Å². The molecule has 0 bridgehead atoms. The monoisotopic (exact) mass is 249 g/mol. The number of allylic oxidation sites excluding steroid dienone is 2. The second-order valence-corrected chi connectivity index (χ2v) is 5.03. The number of ether oxygens (including phenoxy) is 1. The zero-order valence-corrected chi connectivity index (χ0v) is 11.3. The molecule has 100 valence electrons. The highest BCUT2D eigenvalue weighted by Gasteiger charge is 2.23. The summed E-state index contributed by atoms with van der Waals surface area (Å²) in [5, 5.41) is 0. The molecule has 0 saturated carbocycles. The van der Waals surface area contributed by atoms with Crippen LogP contribution in [0.3, 0.4) is 0 Å². The molecule has 1 aliphatic heterocycles. The number of rotatable bonds is 2. The van der Waals surface area contributed by atoms with Gasteiger partial charge in [0.2, 0.25) is 0 Å². The van der Waals surface area contributed by atoms with Gasteiger partial charge in [-0.05, 0) is 38.5 Å². The summed E-state index contributed by atoms with van der Waals surface area (Å²) in [5.74, 6) is -0.185.